The van der Waals surface area contributed by atoms with Crippen molar-refractivity contribution in [2.45, 2.75) is 77.4 Å². The fourth-order valence-corrected chi connectivity index (χ4v) is 7.82. The summed E-state index contributed by atoms with van der Waals surface area (Å²) in [7, 11) is 0. The summed E-state index contributed by atoms with van der Waals surface area (Å²) in [6.45, 7) is 5.01. The van der Waals surface area contributed by atoms with Crippen LogP contribution in [0.1, 0.15) is 70.8 Å². The van der Waals surface area contributed by atoms with Gasteiger partial charge in [0.2, 0.25) is 0 Å². The zero-order valence-corrected chi connectivity index (χ0v) is 20.9. The number of allylic oxidation sites excluding steroid dienone is 2. The maximum Gasteiger partial charge on any atom is 0.261 e. The third-order valence-corrected chi connectivity index (χ3v) is 9.96. The quantitative estimate of drug-likeness (QED) is 0.488. The number of amides is 1. The molecule has 5 rings (SSSR count). The standard InChI is InChI=1S/C29H37N3O3/c1-4-29(34)14-11-25-23-8-7-21-16-22(9-12-27(21,2)24(23)10-13-28(25,29)3)32-35-19-26(33)31-18-20-6-5-15-30-17-20/h1,5-6,15-17,23-25,34H,7-14,18-19H2,2-3H3,(H,31,33)/b32-22-/t23?,24?,25?,27-,28-,29+/m0/s1. The summed E-state index contributed by atoms with van der Waals surface area (Å²) in [5, 5.41) is 18.3. The lowest BCUT2D eigenvalue weighted by Crippen LogP contribution is -2.54. The van der Waals surface area contributed by atoms with Gasteiger partial charge in [-0.3, -0.25) is 9.78 Å². The third kappa shape index (κ3) is 4.08. The predicted octanol–water partition coefficient (Wildman–Crippen LogP) is 4.40. The molecule has 1 heterocycles. The number of carbonyl (C=O) groups is 1. The van der Waals surface area contributed by atoms with Crippen LogP contribution in [0.2, 0.25) is 0 Å². The number of rotatable bonds is 5. The number of fused-ring (bicyclic) bond motifs is 5. The van der Waals surface area contributed by atoms with Gasteiger partial charge in [-0.2, -0.15) is 0 Å². The van der Waals surface area contributed by atoms with Gasteiger partial charge in [0.15, 0.2) is 6.61 Å². The van der Waals surface area contributed by atoms with Crippen molar-refractivity contribution in [3.8, 4) is 12.3 Å². The second-order valence-electron chi connectivity index (χ2n) is 11.5. The van der Waals surface area contributed by atoms with E-state index >= 15 is 0 Å². The van der Waals surface area contributed by atoms with E-state index in [1.807, 2.05) is 12.1 Å². The normalized spacial score (nSPS) is 39.0. The van der Waals surface area contributed by atoms with E-state index in [0.717, 1.165) is 62.6 Å². The van der Waals surface area contributed by atoms with Crippen LogP contribution in [-0.2, 0) is 16.2 Å². The molecule has 3 saturated carbocycles. The van der Waals surface area contributed by atoms with Crippen molar-refractivity contribution in [3.05, 3.63) is 41.7 Å². The van der Waals surface area contributed by atoms with Crippen LogP contribution in [0.15, 0.2) is 41.3 Å². The van der Waals surface area contributed by atoms with Crippen molar-refractivity contribution in [2.75, 3.05) is 6.61 Å². The number of oxime groups is 1. The first kappa shape index (κ1) is 24.1. The minimum absolute atomic E-state index is 0.0900. The summed E-state index contributed by atoms with van der Waals surface area (Å²) in [5.74, 6) is 4.33. The van der Waals surface area contributed by atoms with E-state index in [4.69, 9.17) is 11.3 Å². The lowest BCUT2D eigenvalue weighted by molar-refractivity contribution is -0.125. The monoisotopic (exact) mass is 475 g/mol. The second kappa shape index (κ2) is 9.09. The molecule has 3 fully saturated rings. The highest BCUT2D eigenvalue weighted by atomic mass is 16.6. The Morgan fingerprint density at radius 3 is 2.86 bits per heavy atom. The fraction of sp³-hybridized carbons (Fsp3) is 0.621. The Balaban J connectivity index is 1.21. The molecule has 0 radical (unpaired) electrons. The van der Waals surface area contributed by atoms with Crippen LogP contribution in [0.25, 0.3) is 0 Å². The Morgan fingerprint density at radius 1 is 1.26 bits per heavy atom. The first-order valence-electron chi connectivity index (χ1n) is 13.0. The number of nitrogens with zero attached hydrogens (tertiary/aromatic N) is 2. The minimum atomic E-state index is -0.951. The van der Waals surface area contributed by atoms with Crippen molar-refractivity contribution >= 4 is 11.6 Å². The lowest BCUT2D eigenvalue weighted by Gasteiger charge is -2.58. The molecule has 3 unspecified atom stereocenters. The molecule has 0 saturated heterocycles. The van der Waals surface area contributed by atoms with Gasteiger partial charge in [-0.15, -0.1) is 6.42 Å². The van der Waals surface area contributed by atoms with Crippen molar-refractivity contribution in [1.82, 2.24) is 10.3 Å². The van der Waals surface area contributed by atoms with Gasteiger partial charge in [0.1, 0.15) is 5.60 Å². The molecule has 6 atom stereocenters. The van der Waals surface area contributed by atoms with E-state index in [2.05, 4.69) is 41.3 Å². The number of aliphatic hydroxyl groups is 1. The molecule has 6 heteroatoms. The number of terminal acetylenes is 1. The first-order chi connectivity index (χ1) is 16.8. The topological polar surface area (TPSA) is 83.8 Å². The van der Waals surface area contributed by atoms with E-state index in [1.54, 1.807) is 12.4 Å². The Labute approximate surface area is 208 Å². The predicted molar refractivity (Wildman–Crippen MR) is 135 cm³/mol. The number of pyridine rings is 1. The number of carbonyl (C=O) groups excluding carboxylic acids is 1. The Hall–Kier alpha value is -2.65. The first-order valence-corrected chi connectivity index (χ1v) is 13.0. The highest BCUT2D eigenvalue weighted by Gasteiger charge is 2.63. The molecular formula is C29H37N3O3. The number of hydrogen-bond donors (Lipinski definition) is 2. The highest BCUT2D eigenvalue weighted by Crippen LogP contribution is 2.67. The van der Waals surface area contributed by atoms with Gasteiger partial charge in [-0.25, -0.2) is 0 Å². The van der Waals surface area contributed by atoms with Crippen LogP contribution < -0.4 is 5.32 Å². The van der Waals surface area contributed by atoms with E-state index in [-0.39, 0.29) is 23.3 Å². The average molecular weight is 476 g/mol. The lowest BCUT2D eigenvalue weighted by atomic mass is 9.46. The summed E-state index contributed by atoms with van der Waals surface area (Å²) in [5.41, 5.74) is 2.41. The van der Waals surface area contributed by atoms with E-state index in [9.17, 15) is 9.90 Å². The smallest absolute Gasteiger partial charge is 0.261 e. The summed E-state index contributed by atoms with van der Waals surface area (Å²) >= 11 is 0. The molecule has 1 amide bonds. The molecule has 186 valence electrons. The van der Waals surface area contributed by atoms with Gasteiger partial charge < -0.3 is 15.3 Å². The Bertz CT molecular complexity index is 1080. The Kier molecular flexibility index (Phi) is 6.25. The van der Waals surface area contributed by atoms with Crippen molar-refractivity contribution in [2.24, 2.45) is 33.7 Å². The van der Waals surface area contributed by atoms with Gasteiger partial charge in [-0.1, -0.05) is 36.6 Å². The molecule has 6 nitrogen and oxygen atoms in total. The third-order valence-electron chi connectivity index (χ3n) is 9.96. The zero-order valence-electron chi connectivity index (χ0n) is 20.9. The van der Waals surface area contributed by atoms with Crippen LogP contribution in [0.4, 0.5) is 0 Å². The van der Waals surface area contributed by atoms with Gasteiger partial charge in [0.25, 0.3) is 5.91 Å². The molecule has 1 aromatic heterocycles. The van der Waals surface area contributed by atoms with Crippen LogP contribution in [0, 0.1) is 40.9 Å². The average Bonchev–Trinajstić information content (AvgIpc) is 3.14. The molecule has 0 spiro atoms. The van der Waals surface area contributed by atoms with Crippen LogP contribution in [0.5, 0.6) is 0 Å². The number of aromatic nitrogens is 1. The van der Waals surface area contributed by atoms with Crippen LogP contribution in [0.3, 0.4) is 0 Å². The summed E-state index contributed by atoms with van der Waals surface area (Å²) in [6, 6.07) is 3.77. The largest absolute Gasteiger partial charge is 0.385 e. The van der Waals surface area contributed by atoms with E-state index in [1.165, 1.54) is 5.57 Å². The van der Waals surface area contributed by atoms with Crippen molar-refractivity contribution in [3.63, 3.8) is 0 Å². The minimum Gasteiger partial charge on any atom is -0.385 e. The molecule has 0 aromatic carbocycles. The summed E-state index contributed by atoms with van der Waals surface area (Å²) < 4.78 is 0. The SMILES string of the molecule is C#C[C@@]1(O)CCC2C3CCC4=C/C(=N\OCC(=O)NCc5cccnc5)CC[C@]4(C)C3CC[C@@]21C. The van der Waals surface area contributed by atoms with E-state index < -0.39 is 5.60 Å². The molecule has 0 bridgehead atoms. The molecule has 0 aliphatic heterocycles. The van der Waals surface area contributed by atoms with Gasteiger partial charge in [0, 0.05) is 24.4 Å². The second-order valence-corrected chi connectivity index (χ2v) is 11.5. The van der Waals surface area contributed by atoms with Crippen LogP contribution in [-0.4, -0.2) is 33.9 Å². The van der Waals surface area contributed by atoms with Gasteiger partial charge >= 0.3 is 0 Å². The maximum atomic E-state index is 12.1. The number of hydrogen-bond acceptors (Lipinski definition) is 5. The molecule has 4 aliphatic carbocycles. The van der Waals surface area contributed by atoms with Gasteiger partial charge in [-0.05, 0) is 92.2 Å². The fourth-order valence-electron chi connectivity index (χ4n) is 7.82. The molecule has 35 heavy (non-hydrogen) atoms. The van der Waals surface area contributed by atoms with E-state index in [0.29, 0.717) is 24.3 Å². The highest BCUT2D eigenvalue weighted by molar-refractivity contribution is 5.96. The Morgan fingerprint density at radius 2 is 2.09 bits per heavy atom. The summed E-state index contributed by atoms with van der Waals surface area (Å²) in [4.78, 5) is 21.6. The van der Waals surface area contributed by atoms with Crippen molar-refractivity contribution < 1.29 is 14.7 Å². The van der Waals surface area contributed by atoms with Crippen LogP contribution >= 0.6 is 0 Å². The molecule has 2 N–H and O–H groups in total. The molecule has 1 aromatic rings. The number of nitrogens with one attached hydrogen (secondary N) is 1. The molecular weight excluding hydrogens is 438 g/mol. The van der Waals surface area contributed by atoms with Crippen molar-refractivity contribution in [1.29, 1.82) is 0 Å². The summed E-state index contributed by atoms with van der Waals surface area (Å²) in [6.07, 6.45) is 19.5. The zero-order chi connectivity index (χ0) is 24.7. The van der Waals surface area contributed by atoms with Gasteiger partial charge in [0.05, 0.1) is 5.71 Å². The molecule has 4 aliphatic rings. The maximum absolute atomic E-state index is 12.1.